The molecule has 3 rings (SSSR count). The topological polar surface area (TPSA) is 35.5 Å². The fraction of sp³-hybridized carbons (Fsp3) is 0.485. The second-order valence-corrected chi connectivity index (χ2v) is 11.4. The molecule has 194 valence electrons. The van der Waals surface area contributed by atoms with Crippen LogP contribution in [0.2, 0.25) is 0 Å². The van der Waals surface area contributed by atoms with Gasteiger partial charge in [-0.2, -0.15) is 0 Å². The molecule has 0 aromatic heterocycles. The number of hydrogen-bond donors (Lipinski definition) is 0. The molecule has 36 heavy (non-hydrogen) atoms. The first-order valence-corrected chi connectivity index (χ1v) is 13.5. The van der Waals surface area contributed by atoms with Gasteiger partial charge in [0.1, 0.15) is 5.75 Å². The summed E-state index contributed by atoms with van der Waals surface area (Å²) in [7, 11) is 0. The Bertz CT molecular complexity index is 1100. The van der Waals surface area contributed by atoms with Crippen molar-refractivity contribution >= 4 is 17.6 Å². The van der Waals surface area contributed by atoms with E-state index in [-0.39, 0.29) is 11.4 Å². The highest BCUT2D eigenvalue weighted by atomic mass is 16.5. The lowest BCUT2D eigenvalue weighted by Gasteiger charge is -2.23. The Morgan fingerprint density at radius 3 is 2.44 bits per heavy atom. The van der Waals surface area contributed by atoms with E-state index >= 15 is 0 Å². The minimum absolute atomic E-state index is 0.126. The van der Waals surface area contributed by atoms with Crippen molar-refractivity contribution in [3.8, 4) is 5.75 Å². The maximum atomic E-state index is 11.4. The summed E-state index contributed by atoms with van der Waals surface area (Å²) in [5.41, 5.74) is 8.91. The number of esters is 1. The second-order valence-electron chi connectivity index (χ2n) is 11.4. The van der Waals surface area contributed by atoms with Gasteiger partial charge in [-0.25, -0.2) is 4.79 Å². The number of fused-ring (bicyclic) bond motifs is 1. The van der Waals surface area contributed by atoms with E-state index in [4.69, 9.17) is 9.47 Å². The molecule has 0 unspecified atom stereocenters. The van der Waals surface area contributed by atoms with Gasteiger partial charge in [-0.05, 0) is 102 Å². The molecule has 2 aromatic carbocycles. The molecule has 0 saturated heterocycles. The van der Waals surface area contributed by atoms with Gasteiger partial charge >= 0.3 is 5.97 Å². The Morgan fingerprint density at radius 2 is 1.75 bits per heavy atom. The average Bonchev–Trinajstić information content (AvgIpc) is 3.04. The number of hydrogen-bond acceptors (Lipinski definition) is 3. The lowest BCUT2D eigenvalue weighted by molar-refractivity contribution is -0.139. The number of aryl methyl sites for hydroxylation is 1. The van der Waals surface area contributed by atoms with Crippen LogP contribution < -0.4 is 4.74 Å². The van der Waals surface area contributed by atoms with E-state index in [9.17, 15) is 4.79 Å². The minimum atomic E-state index is -0.311. The maximum Gasteiger partial charge on any atom is 0.333 e. The molecule has 0 spiro atoms. The normalized spacial score (nSPS) is 13.6. The Hall–Kier alpha value is -2.81. The van der Waals surface area contributed by atoms with Crippen LogP contribution in [0, 0.1) is 0 Å². The standard InChI is InChI=1S/C33H44O3/c1-23(2)30-17-15-28(33(5,6)7)22-31(30)26-13-11-12-25-14-16-29(21-27(25)20-26)35-18-9-8-10-19-36-32(34)24(3)4/h14-17,20-23H,3,8-13,18-19H2,1-2,4-7H3. The van der Waals surface area contributed by atoms with Crippen LogP contribution >= 0.6 is 0 Å². The molecule has 1 aliphatic carbocycles. The van der Waals surface area contributed by atoms with Gasteiger partial charge in [0.15, 0.2) is 0 Å². The third-order valence-corrected chi connectivity index (χ3v) is 6.87. The Morgan fingerprint density at radius 1 is 1.00 bits per heavy atom. The molecule has 0 amide bonds. The SMILES string of the molecule is C=C(C)C(=O)OCCCCCOc1ccc2c(c1)C=C(c1cc(C(C)(C)C)ccc1C(C)C)CCC2. The molecule has 0 saturated carbocycles. The van der Waals surface area contributed by atoms with Crippen LogP contribution in [0.3, 0.4) is 0 Å². The summed E-state index contributed by atoms with van der Waals surface area (Å²) in [6.45, 7) is 17.8. The van der Waals surface area contributed by atoms with Crippen molar-refractivity contribution < 1.29 is 14.3 Å². The largest absolute Gasteiger partial charge is 0.494 e. The molecule has 0 radical (unpaired) electrons. The van der Waals surface area contributed by atoms with Crippen molar-refractivity contribution in [2.75, 3.05) is 13.2 Å². The summed E-state index contributed by atoms with van der Waals surface area (Å²) in [4.78, 5) is 11.4. The lowest BCUT2D eigenvalue weighted by atomic mass is 9.81. The summed E-state index contributed by atoms with van der Waals surface area (Å²) in [5.74, 6) is 1.10. The molecule has 2 aromatic rings. The molecule has 0 fully saturated rings. The number of benzene rings is 2. The molecule has 3 nitrogen and oxygen atoms in total. The first kappa shape index (κ1) is 27.8. The maximum absolute atomic E-state index is 11.4. The zero-order valence-corrected chi connectivity index (χ0v) is 23.2. The number of allylic oxidation sites excluding steroid dienone is 1. The van der Waals surface area contributed by atoms with Crippen LogP contribution in [0.25, 0.3) is 11.6 Å². The molecule has 0 heterocycles. The number of carbonyl (C=O) groups is 1. The molecule has 0 bridgehead atoms. The summed E-state index contributed by atoms with van der Waals surface area (Å²) < 4.78 is 11.2. The Balaban J connectivity index is 1.70. The Labute approximate surface area is 218 Å². The number of carbonyl (C=O) groups excluding carboxylic acids is 1. The number of ether oxygens (including phenoxy) is 2. The van der Waals surface area contributed by atoms with Crippen molar-refractivity contribution in [1.82, 2.24) is 0 Å². The Kier molecular flexibility index (Phi) is 9.59. The smallest absolute Gasteiger partial charge is 0.333 e. The number of rotatable bonds is 10. The van der Waals surface area contributed by atoms with Gasteiger partial charge in [-0.3, -0.25) is 0 Å². The molecular formula is C33H44O3. The van der Waals surface area contributed by atoms with Gasteiger partial charge in [0.25, 0.3) is 0 Å². The van der Waals surface area contributed by atoms with E-state index < -0.39 is 0 Å². The monoisotopic (exact) mass is 488 g/mol. The molecule has 0 aliphatic heterocycles. The zero-order chi connectivity index (χ0) is 26.3. The highest BCUT2D eigenvalue weighted by Gasteiger charge is 2.20. The molecule has 0 N–H and O–H groups in total. The van der Waals surface area contributed by atoms with Gasteiger partial charge < -0.3 is 9.47 Å². The lowest BCUT2D eigenvalue weighted by Crippen LogP contribution is -2.12. The van der Waals surface area contributed by atoms with Crippen LogP contribution in [0.4, 0.5) is 0 Å². The molecule has 1 aliphatic rings. The predicted octanol–water partition coefficient (Wildman–Crippen LogP) is 8.65. The fourth-order valence-electron chi connectivity index (χ4n) is 4.63. The average molecular weight is 489 g/mol. The van der Waals surface area contributed by atoms with Gasteiger partial charge in [-0.1, -0.05) is 71.5 Å². The highest BCUT2D eigenvalue weighted by molar-refractivity contribution is 5.87. The van der Waals surface area contributed by atoms with Crippen molar-refractivity contribution in [2.45, 2.75) is 91.4 Å². The quantitative estimate of drug-likeness (QED) is 0.191. The van der Waals surface area contributed by atoms with E-state index in [2.05, 4.69) is 83.7 Å². The first-order chi connectivity index (χ1) is 17.1. The minimum Gasteiger partial charge on any atom is -0.494 e. The highest BCUT2D eigenvalue weighted by Crippen LogP contribution is 2.37. The zero-order valence-electron chi connectivity index (χ0n) is 23.2. The van der Waals surface area contributed by atoms with E-state index in [1.165, 1.54) is 33.4 Å². The molecular weight excluding hydrogens is 444 g/mol. The van der Waals surface area contributed by atoms with Crippen molar-refractivity contribution in [3.63, 3.8) is 0 Å². The van der Waals surface area contributed by atoms with E-state index in [0.29, 0.717) is 24.7 Å². The summed E-state index contributed by atoms with van der Waals surface area (Å²) in [5, 5.41) is 0. The van der Waals surface area contributed by atoms with Crippen LogP contribution in [-0.4, -0.2) is 19.2 Å². The summed E-state index contributed by atoms with van der Waals surface area (Å²) in [6, 6.07) is 13.6. The van der Waals surface area contributed by atoms with Gasteiger partial charge in [-0.15, -0.1) is 0 Å². The van der Waals surface area contributed by atoms with Gasteiger partial charge in [0.2, 0.25) is 0 Å². The summed E-state index contributed by atoms with van der Waals surface area (Å²) >= 11 is 0. The van der Waals surface area contributed by atoms with Crippen molar-refractivity contribution in [3.05, 3.63) is 76.4 Å². The van der Waals surface area contributed by atoms with E-state index in [1.807, 2.05) is 0 Å². The predicted molar refractivity (Wildman–Crippen MR) is 152 cm³/mol. The van der Waals surface area contributed by atoms with Crippen molar-refractivity contribution in [1.29, 1.82) is 0 Å². The second kappa shape index (κ2) is 12.4. The molecule has 0 atom stereocenters. The van der Waals surface area contributed by atoms with E-state index in [0.717, 1.165) is 44.3 Å². The van der Waals surface area contributed by atoms with Gasteiger partial charge in [0, 0.05) is 5.57 Å². The first-order valence-electron chi connectivity index (χ1n) is 13.5. The van der Waals surface area contributed by atoms with Crippen LogP contribution in [0.15, 0.2) is 48.6 Å². The summed E-state index contributed by atoms with van der Waals surface area (Å²) in [6.07, 6.45) is 8.47. The third kappa shape index (κ3) is 7.59. The van der Waals surface area contributed by atoms with Crippen LogP contribution in [0.1, 0.15) is 107 Å². The molecule has 3 heteroatoms. The van der Waals surface area contributed by atoms with Crippen LogP contribution in [-0.2, 0) is 21.4 Å². The van der Waals surface area contributed by atoms with Crippen molar-refractivity contribution in [2.24, 2.45) is 0 Å². The van der Waals surface area contributed by atoms with E-state index in [1.54, 1.807) is 6.92 Å². The number of unbranched alkanes of at least 4 members (excludes halogenated alkanes) is 2. The van der Waals surface area contributed by atoms with Crippen LogP contribution in [0.5, 0.6) is 5.75 Å². The fourth-order valence-corrected chi connectivity index (χ4v) is 4.63. The third-order valence-electron chi connectivity index (χ3n) is 6.87. The van der Waals surface area contributed by atoms with Gasteiger partial charge in [0.05, 0.1) is 13.2 Å².